The van der Waals surface area contributed by atoms with Gasteiger partial charge in [-0.25, -0.2) is 0 Å². The molecule has 0 bridgehead atoms. The SMILES string of the molecule is C.C.CCC(C)c1ccc(C(C)(C)OC)cc1. The first-order chi connectivity index (χ1) is 7.01. The third-order valence-corrected chi connectivity index (χ3v) is 3.30. The Kier molecular flexibility index (Phi) is 8.18. The largest absolute Gasteiger partial charge is 0.374 e. The summed E-state index contributed by atoms with van der Waals surface area (Å²) >= 11 is 0. The fourth-order valence-corrected chi connectivity index (χ4v) is 1.57. The second-order valence-corrected chi connectivity index (χ2v) is 4.65. The monoisotopic (exact) mass is 238 g/mol. The Morgan fingerprint density at radius 2 is 1.59 bits per heavy atom. The first kappa shape index (κ1) is 18.5. The van der Waals surface area contributed by atoms with E-state index in [0.717, 1.165) is 0 Å². The van der Waals surface area contributed by atoms with Gasteiger partial charge in [0, 0.05) is 7.11 Å². The van der Waals surface area contributed by atoms with Crippen molar-refractivity contribution < 1.29 is 4.74 Å². The van der Waals surface area contributed by atoms with Crippen molar-refractivity contribution in [3.63, 3.8) is 0 Å². The molecule has 0 spiro atoms. The Balaban J connectivity index is 0. The lowest BCUT2D eigenvalue weighted by Gasteiger charge is -2.24. The topological polar surface area (TPSA) is 9.23 Å². The van der Waals surface area contributed by atoms with Crippen LogP contribution in [0.2, 0.25) is 0 Å². The van der Waals surface area contributed by atoms with E-state index in [-0.39, 0.29) is 20.5 Å². The third-order valence-electron chi connectivity index (χ3n) is 3.30. The summed E-state index contributed by atoms with van der Waals surface area (Å²) in [6.07, 6.45) is 1.19. The molecule has 0 saturated heterocycles. The normalized spacial score (nSPS) is 12.3. The maximum absolute atomic E-state index is 5.45. The van der Waals surface area contributed by atoms with E-state index in [0.29, 0.717) is 5.92 Å². The van der Waals surface area contributed by atoms with Crippen LogP contribution in [-0.2, 0) is 10.3 Å². The highest BCUT2D eigenvalue weighted by Gasteiger charge is 2.19. The standard InChI is InChI=1S/C14H22O.2CH4/c1-6-11(2)12-7-9-13(10-8-12)14(3,4)15-5;;/h7-11H,6H2,1-5H3;2*1H4. The van der Waals surface area contributed by atoms with Crippen LogP contribution < -0.4 is 0 Å². The number of benzene rings is 1. The third kappa shape index (κ3) is 4.51. The molecule has 0 aliphatic carbocycles. The predicted molar refractivity (Wildman–Crippen MR) is 78.6 cm³/mol. The van der Waals surface area contributed by atoms with Gasteiger partial charge in [0.15, 0.2) is 0 Å². The van der Waals surface area contributed by atoms with E-state index in [1.165, 1.54) is 17.5 Å². The molecule has 0 aliphatic heterocycles. The Morgan fingerprint density at radius 3 is 1.94 bits per heavy atom. The number of methoxy groups -OCH3 is 1. The summed E-state index contributed by atoms with van der Waals surface area (Å²) in [7, 11) is 1.75. The maximum atomic E-state index is 5.45. The second-order valence-electron chi connectivity index (χ2n) is 4.65. The predicted octanol–water partition coefficient (Wildman–Crippen LogP) is 5.35. The molecular weight excluding hydrogens is 208 g/mol. The number of hydrogen-bond donors (Lipinski definition) is 0. The summed E-state index contributed by atoms with van der Waals surface area (Å²) < 4.78 is 5.45. The van der Waals surface area contributed by atoms with E-state index in [1.807, 2.05) is 0 Å². The Hall–Kier alpha value is -0.820. The number of ether oxygens (including phenoxy) is 1. The van der Waals surface area contributed by atoms with Gasteiger partial charge in [0.05, 0.1) is 5.60 Å². The van der Waals surface area contributed by atoms with Gasteiger partial charge in [0.25, 0.3) is 0 Å². The van der Waals surface area contributed by atoms with Crippen LogP contribution >= 0.6 is 0 Å². The quantitative estimate of drug-likeness (QED) is 0.686. The molecule has 1 nitrogen and oxygen atoms in total. The molecule has 1 aromatic rings. The summed E-state index contributed by atoms with van der Waals surface area (Å²) in [5, 5.41) is 0. The van der Waals surface area contributed by atoms with Crippen LogP contribution in [0.25, 0.3) is 0 Å². The van der Waals surface area contributed by atoms with Crippen molar-refractivity contribution in [3.05, 3.63) is 35.4 Å². The lowest BCUT2D eigenvalue weighted by Crippen LogP contribution is -2.19. The molecule has 1 unspecified atom stereocenters. The summed E-state index contributed by atoms with van der Waals surface area (Å²) in [5.41, 5.74) is 2.46. The molecule has 100 valence electrons. The van der Waals surface area contributed by atoms with Crippen molar-refractivity contribution in [2.45, 2.75) is 60.5 Å². The van der Waals surface area contributed by atoms with Gasteiger partial charge in [0.1, 0.15) is 0 Å². The lowest BCUT2D eigenvalue weighted by atomic mass is 9.93. The minimum atomic E-state index is -0.187. The molecule has 1 atom stereocenters. The fourth-order valence-electron chi connectivity index (χ4n) is 1.57. The molecule has 0 aromatic heterocycles. The smallest absolute Gasteiger partial charge is 0.0871 e. The van der Waals surface area contributed by atoms with Crippen molar-refractivity contribution in [2.75, 3.05) is 7.11 Å². The van der Waals surface area contributed by atoms with E-state index < -0.39 is 0 Å². The lowest BCUT2D eigenvalue weighted by molar-refractivity contribution is 0.0192. The van der Waals surface area contributed by atoms with Crippen LogP contribution in [0.4, 0.5) is 0 Å². The summed E-state index contributed by atoms with van der Waals surface area (Å²) in [6, 6.07) is 8.77. The minimum absolute atomic E-state index is 0. The first-order valence-corrected chi connectivity index (χ1v) is 5.67. The van der Waals surface area contributed by atoms with Gasteiger partial charge in [-0.3, -0.25) is 0 Å². The van der Waals surface area contributed by atoms with Crippen molar-refractivity contribution in [1.29, 1.82) is 0 Å². The molecular formula is C16H30O. The van der Waals surface area contributed by atoms with Crippen LogP contribution in [0.5, 0.6) is 0 Å². The highest BCUT2D eigenvalue weighted by atomic mass is 16.5. The van der Waals surface area contributed by atoms with E-state index in [4.69, 9.17) is 4.74 Å². The fraction of sp³-hybridized carbons (Fsp3) is 0.625. The van der Waals surface area contributed by atoms with E-state index in [9.17, 15) is 0 Å². The first-order valence-electron chi connectivity index (χ1n) is 5.67. The number of rotatable bonds is 4. The van der Waals surface area contributed by atoms with Crippen molar-refractivity contribution >= 4 is 0 Å². The Morgan fingerprint density at radius 1 is 1.12 bits per heavy atom. The van der Waals surface area contributed by atoms with Gasteiger partial charge in [-0.05, 0) is 37.3 Å². The van der Waals surface area contributed by atoms with E-state index in [1.54, 1.807) is 7.11 Å². The van der Waals surface area contributed by atoms with Crippen molar-refractivity contribution in [3.8, 4) is 0 Å². The molecule has 1 aromatic carbocycles. The number of hydrogen-bond acceptors (Lipinski definition) is 1. The highest BCUT2D eigenvalue weighted by molar-refractivity contribution is 5.28. The molecule has 0 amide bonds. The maximum Gasteiger partial charge on any atom is 0.0871 e. The highest BCUT2D eigenvalue weighted by Crippen LogP contribution is 2.26. The summed E-state index contributed by atoms with van der Waals surface area (Å²) in [6.45, 7) is 8.66. The molecule has 1 rings (SSSR count). The van der Waals surface area contributed by atoms with Crippen molar-refractivity contribution in [2.24, 2.45) is 0 Å². The van der Waals surface area contributed by atoms with Gasteiger partial charge < -0.3 is 4.74 Å². The molecule has 0 N–H and O–H groups in total. The van der Waals surface area contributed by atoms with Crippen LogP contribution in [0.1, 0.15) is 66.0 Å². The molecule has 0 aliphatic rings. The average molecular weight is 238 g/mol. The average Bonchev–Trinajstić information content (AvgIpc) is 2.28. The molecule has 17 heavy (non-hydrogen) atoms. The molecule has 1 heteroatoms. The Labute approximate surface area is 108 Å². The van der Waals surface area contributed by atoms with E-state index in [2.05, 4.69) is 52.0 Å². The minimum Gasteiger partial charge on any atom is -0.374 e. The zero-order valence-corrected chi connectivity index (χ0v) is 10.5. The molecule has 0 saturated carbocycles. The summed E-state index contributed by atoms with van der Waals surface area (Å²) in [4.78, 5) is 0. The van der Waals surface area contributed by atoms with Gasteiger partial charge in [-0.15, -0.1) is 0 Å². The zero-order chi connectivity index (χ0) is 11.5. The van der Waals surface area contributed by atoms with Crippen LogP contribution in [-0.4, -0.2) is 7.11 Å². The van der Waals surface area contributed by atoms with E-state index >= 15 is 0 Å². The molecule has 0 radical (unpaired) electrons. The Bertz CT molecular complexity index is 298. The zero-order valence-electron chi connectivity index (χ0n) is 10.5. The van der Waals surface area contributed by atoms with Gasteiger partial charge in [-0.1, -0.05) is 53.0 Å². The van der Waals surface area contributed by atoms with Crippen LogP contribution in [0, 0.1) is 0 Å². The second kappa shape index (κ2) is 7.50. The van der Waals surface area contributed by atoms with Crippen molar-refractivity contribution in [1.82, 2.24) is 0 Å². The van der Waals surface area contributed by atoms with Gasteiger partial charge in [-0.2, -0.15) is 0 Å². The molecule has 0 fully saturated rings. The van der Waals surface area contributed by atoms with Gasteiger partial charge in [0.2, 0.25) is 0 Å². The molecule has 0 heterocycles. The summed E-state index contributed by atoms with van der Waals surface area (Å²) in [5.74, 6) is 0.643. The van der Waals surface area contributed by atoms with Crippen LogP contribution in [0.3, 0.4) is 0 Å². The van der Waals surface area contributed by atoms with Gasteiger partial charge >= 0.3 is 0 Å². The van der Waals surface area contributed by atoms with Crippen LogP contribution in [0.15, 0.2) is 24.3 Å².